The van der Waals surface area contributed by atoms with Crippen molar-refractivity contribution >= 4 is 16.5 Å². The molecule has 3 aromatic rings. The number of aromatic nitrogens is 1. The second kappa shape index (κ2) is 5.92. The van der Waals surface area contributed by atoms with Crippen molar-refractivity contribution in [3.05, 3.63) is 78.4 Å². The molecule has 1 aliphatic rings. The first-order valence-corrected chi connectivity index (χ1v) is 8.54. The fourth-order valence-corrected chi connectivity index (χ4v) is 3.58. The maximum absolute atomic E-state index is 7.78. The average molecular weight is 333 g/mol. The molecule has 2 aromatic carbocycles. The summed E-state index contributed by atoms with van der Waals surface area (Å²) in [4.78, 5) is 3.46. The Morgan fingerprint density at radius 2 is 1.84 bits per heavy atom. The van der Waals surface area contributed by atoms with Gasteiger partial charge in [0.05, 0.1) is 11.1 Å². The molecule has 0 bridgehead atoms. The van der Waals surface area contributed by atoms with Crippen LogP contribution in [-0.4, -0.2) is 18.0 Å². The van der Waals surface area contributed by atoms with Gasteiger partial charge in [-0.1, -0.05) is 24.3 Å². The zero-order chi connectivity index (χ0) is 20.1. The summed E-state index contributed by atoms with van der Waals surface area (Å²) in [6.45, 7) is 3.95. The number of hydrogen-bond donors (Lipinski definition) is 0. The lowest BCUT2D eigenvalue weighted by atomic mass is 10.0. The smallest absolute Gasteiger partial charge is 0.223 e. The van der Waals surface area contributed by atoms with Gasteiger partial charge in [0.15, 0.2) is 11.9 Å². The van der Waals surface area contributed by atoms with Crippen molar-refractivity contribution in [1.29, 1.82) is 0 Å². The summed E-state index contributed by atoms with van der Waals surface area (Å²) >= 11 is 0. The van der Waals surface area contributed by atoms with Gasteiger partial charge in [-0.05, 0) is 31.4 Å². The zero-order valence-corrected chi connectivity index (χ0v) is 14.8. The van der Waals surface area contributed by atoms with E-state index in [1.165, 1.54) is 10.3 Å². The van der Waals surface area contributed by atoms with Crippen molar-refractivity contribution in [3.8, 4) is 5.69 Å². The number of pyridine rings is 1. The number of rotatable bonds is 2. The summed E-state index contributed by atoms with van der Waals surface area (Å²) < 4.78 is 25.5. The molecular formula is C22H24N3+. The molecule has 2 heterocycles. The molecule has 25 heavy (non-hydrogen) atoms. The van der Waals surface area contributed by atoms with Gasteiger partial charge in [-0.15, -0.1) is 0 Å². The van der Waals surface area contributed by atoms with Crippen LogP contribution in [0.3, 0.4) is 0 Å². The van der Waals surface area contributed by atoms with Crippen LogP contribution in [0, 0.1) is 13.8 Å². The number of fused-ring (bicyclic) bond motifs is 1. The predicted octanol–water partition coefficient (Wildman–Crippen LogP) is 4.30. The normalized spacial score (nSPS) is 19.2. The zero-order valence-electron chi connectivity index (χ0n) is 17.8. The van der Waals surface area contributed by atoms with Crippen molar-refractivity contribution in [1.82, 2.24) is 4.90 Å². The van der Waals surface area contributed by atoms with E-state index in [9.17, 15) is 0 Å². The Kier molecular flexibility index (Phi) is 2.97. The second-order valence-corrected chi connectivity index (χ2v) is 6.55. The van der Waals surface area contributed by atoms with E-state index in [4.69, 9.17) is 4.11 Å². The van der Waals surface area contributed by atoms with E-state index in [-0.39, 0.29) is 6.17 Å². The summed E-state index contributed by atoms with van der Waals surface area (Å²) in [6.07, 6.45) is 5.31. The molecule has 1 aliphatic heterocycles. The largest absolute Gasteiger partial charge is 0.359 e. The topological polar surface area (TPSA) is 10.4 Å². The van der Waals surface area contributed by atoms with Gasteiger partial charge in [0.25, 0.3) is 0 Å². The highest BCUT2D eigenvalue weighted by molar-refractivity contribution is 5.94. The van der Waals surface area contributed by atoms with Crippen molar-refractivity contribution in [2.75, 3.05) is 11.9 Å². The Balaban J connectivity index is 1.94. The summed E-state index contributed by atoms with van der Waals surface area (Å²) in [5.74, 6) is 0. The molecule has 0 unspecified atom stereocenters. The van der Waals surface area contributed by atoms with Crippen molar-refractivity contribution in [2.45, 2.75) is 26.9 Å². The molecule has 0 saturated heterocycles. The van der Waals surface area contributed by atoms with Gasteiger partial charge in [0, 0.05) is 48.1 Å². The van der Waals surface area contributed by atoms with E-state index < -0.39 is 6.98 Å². The molecule has 0 saturated carbocycles. The minimum atomic E-state index is -2.16. The lowest BCUT2D eigenvalue weighted by Crippen LogP contribution is -2.37. The molecule has 1 aromatic heterocycles. The van der Waals surface area contributed by atoms with Gasteiger partial charge in [0.1, 0.15) is 6.17 Å². The van der Waals surface area contributed by atoms with Crippen LogP contribution >= 0.6 is 0 Å². The van der Waals surface area contributed by atoms with Crippen LogP contribution in [-0.2, 0) is 0 Å². The summed E-state index contributed by atoms with van der Waals surface area (Å²) in [7, 11) is 0. The highest BCUT2D eigenvalue weighted by Crippen LogP contribution is 2.34. The van der Waals surface area contributed by atoms with E-state index in [0.29, 0.717) is 0 Å². The number of benzene rings is 2. The molecule has 3 heteroatoms. The standard InChI is InChI=1S/C22H24N3/c1-16-9-7-8-12-24(16)22-17(2)21(25-14-13-23(4)18(25)3)15-19-10-5-6-11-20(19)22/h5-15,18H,1-4H3/q+1/t18-/m1/s1/i4D3. The first kappa shape index (κ1) is 12.5. The Morgan fingerprint density at radius 3 is 2.60 bits per heavy atom. The van der Waals surface area contributed by atoms with E-state index in [1.807, 2.05) is 36.2 Å². The van der Waals surface area contributed by atoms with Crippen LogP contribution < -0.4 is 9.47 Å². The van der Waals surface area contributed by atoms with Crippen LogP contribution in [0.4, 0.5) is 5.69 Å². The highest BCUT2D eigenvalue weighted by atomic mass is 15.4. The SMILES string of the molecule is [2H]C([2H])([2H])N1C=CN(c2cc3ccccc3c(-[n+]3ccccc3C)c2C)[C@@H]1C. The lowest BCUT2D eigenvalue weighted by molar-refractivity contribution is -0.601. The fraction of sp³-hybridized carbons (Fsp3) is 0.227. The van der Waals surface area contributed by atoms with Crippen molar-refractivity contribution < 1.29 is 8.68 Å². The molecule has 0 spiro atoms. The summed E-state index contributed by atoms with van der Waals surface area (Å²) in [5, 5.41) is 2.30. The van der Waals surface area contributed by atoms with E-state index in [1.54, 1.807) is 6.20 Å². The van der Waals surface area contributed by atoms with E-state index in [0.717, 1.165) is 28.0 Å². The number of nitrogens with zero attached hydrogens (tertiary/aromatic N) is 3. The number of hydrogen-bond acceptors (Lipinski definition) is 2. The van der Waals surface area contributed by atoms with Gasteiger partial charge in [-0.2, -0.15) is 4.57 Å². The predicted molar refractivity (Wildman–Crippen MR) is 104 cm³/mol. The maximum atomic E-state index is 7.78. The molecule has 4 rings (SSSR count). The van der Waals surface area contributed by atoms with Crippen molar-refractivity contribution in [3.63, 3.8) is 0 Å². The third-order valence-corrected chi connectivity index (χ3v) is 5.02. The Hall–Kier alpha value is -2.81. The summed E-state index contributed by atoms with van der Waals surface area (Å²) in [5.41, 5.74) is 4.39. The molecular weight excluding hydrogens is 306 g/mol. The van der Waals surface area contributed by atoms with Gasteiger partial charge in [-0.3, -0.25) is 0 Å². The highest BCUT2D eigenvalue weighted by Gasteiger charge is 2.26. The molecule has 0 amide bonds. The quantitative estimate of drug-likeness (QED) is 0.647. The molecule has 0 radical (unpaired) electrons. The minimum absolute atomic E-state index is 0.290. The van der Waals surface area contributed by atoms with Gasteiger partial charge >= 0.3 is 0 Å². The average Bonchev–Trinajstić information content (AvgIpc) is 3.04. The lowest BCUT2D eigenvalue weighted by Gasteiger charge is -2.28. The van der Waals surface area contributed by atoms with Crippen LogP contribution in [0.2, 0.25) is 0 Å². The molecule has 0 aliphatic carbocycles. The Morgan fingerprint density at radius 1 is 1.04 bits per heavy atom. The molecule has 126 valence electrons. The van der Waals surface area contributed by atoms with E-state index in [2.05, 4.69) is 54.9 Å². The Labute approximate surface area is 153 Å². The summed E-state index contributed by atoms with van der Waals surface area (Å²) in [6, 6.07) is 16.6. The number of aryl methyl sites for hydroxylation is 1. The first-order valence-electron chi connectivity index (χ1n) is 10.0. The van der Waals surface area contributed by atoms with Gasteiger partial charge in [0.2, 0.25) is 5.69 Å². The molecule has 3 nitrogen and oxygen atoms in total. The monoisotopic (exact) mass is 333 g/mol. The van der Waals surface area contributed by atoms with Crippen LogP contribution in [0.1, 0.15) is 22.3 Å². The minimum Gasteiger partial charge on any atom is -0.359 e. The molecule has 1 atom stereocenters. The van der Waals surface area contributed by atoms with Crippen LogP contribution in [0.25, 0.3) is 16.5 Å². The second-order valence-electron chi connectivity index (χ2n) is 6.55. The number of anilines is 1. The van der Waals surface area contributed by atoms with Crippen LogP contribution in [0.5, 0.6) is 0 Å². The molecule has 0 fully saturated rings. The van der Waals surface area contributed by atoms with Crippen molar-refractivity contribution in [2.24, 2.45) is 0 Å². The Bertz CT molecular complexity index is 1070. The third-order valence-electron chi connectivity index (χ3n) is 5.02. The third kappa shape index (κ3) is 2.47. The first-order chi connectivity index (χ1) is 13.3. The molecule has 0 N–H and O–H groups in total. The maximum Gasteiger partial charge on any atom is 0.223 e. The van der Waals surface area contributed by atoms with Gasteiger partial charge < -0.3 is 9.80 Å². The van der Waals surface area contributed by atoms with Gasteiger partial charge in [-0.25, -0.2) is 0 Å². The van der Waals surface area contributed by atoms with E-state index >= 15 is 0 Å². The fourth-order valence-electron chi connectivity index (χ4n) is 3.58. The van der Waals surface area contributed by atoms with Crippen LogP contribution in [0.15, 0.2) is 67.1 Å².